The molecule has 0 saturated carbocycles. The monoisotopic (exact) mass is 477 g/mol. The van der Waals surface area contributed by atoms with E-state index in [2.05, 4.69) is 14.5 Å². The van der Waals surface area contributed by atoms with E-state index in [1.807, 2.05) is 55.5 Å². The number of piperazine rings is 1. The molecule has 3 heterocycles. The molecule has 0 N–H and O–H groups in total. The molecule has 0 bridgehead atoms. The third-order valence-corrected chi connectivity index (χ3v) is 8.08. The number of sulfonamides is 1. The molecule has 0 amide bonds. The zero-order chi connectivity index (χ0) is 23.7. The molecule has 1 fully saturated rings. The number of hydrogen-bond donors (Lipinski definition) is 0. The summed E-state index contributed by atoms with van der Waals surface area (Å²) in [6.07, 6.45) is 1.77. The van der Waals surface area contributed by atoms with E-state index >= 15 is 0 Å². The van der Waals surface area contributed by atoms with Crippen LogP contribution in [0.25, 0.3) is 16.9 Å². The van der Waals surface area contributed by atoms with Crippen LogP contribution >= 0.6 is 0 Å². The molecule has 176 valence electrons. The minimum atomic E-state index is -3.49. The summed E-state index contributed by atoms with van der Waals surface area (Å²) in [7, 11) is -1.84. The third-order valence-electron chi connectivity index (χ3n) is 6.17. The van der Waals surface area contributed by atoms with Gasteiger partial charge >= 0.3 is 0 Å². The van der Waals surface area contributed by atoms with Gasteiger partial charge in [0.1, 0.15) is 17.1 Å². The van der Waals surface area contributed by atoms with Gasteiger partial charge in [0.15, 0.2) is 5.65 Å². The van der Waals surface area contributed by atoms with Crippen molar-refractivity contribution in [2.45, 2.75) is 18.4 Å². The molecular weight excluding hydrogens is 450 g/mol. The van der Waals surface area contributed by atoms with Crippen LogP contribution in [0.2, 0.25) is 0 Å². The molecule has 0 radical (unpaired) electrons. The Hall–Kier alpha value is -3.27. The second-order valence-electron chi connectivity index (χ2n) is 8.40. The zero-order valence-corrected chi connectivity index (χ0v) is 20.1. The molecule has 1 aliphatic heterocycles. The maximum Gasteiger partial charge on any atom is 0.243 e. The molecule has 0 unspecified atom stereocenters. The molecule has 9 heteroatoms. The Morgan fingerprint density at radius 3 is 2.32 bits per heavy atom. The first-order valence-electron chi connectivity index (χ1n) is 11.2. The summed E-state index contributed by atoms with van der Waals surface area (Å²) in [6.45, 7) is 4.69. The number of aromatic nitrogens is 3. The first kappa shape index (κ1) is 22.5. The van der Waals surface area contributed by atoms with Crippen LogP contribution in [0.5, 0.6) is 5.75 Å². The second kappa shape index (κ2) is 9.17. The van der Waals surface area contributed by atoms with E-state index < -0.39 is 10.0 Å². The van der Waals surface area contributed by atoms with Gasteiger partial charge in [-0.2, -0.15) is 4.31 Å². The van der Waals surface area contributed by atoms with Crippen LogP contribution in [0.15, 0.2) is 71.8 Å². The first-order valence-corrected chi connectivity index (χ1v) is 12.7. The maximum absolute atomic E-state index is 13.0. The topological polar surface area (TPSA) is 80.6 Å². The Labute approximate surface area is 199 Å². The van der Waals surface area contributed by atoms with E-state index in [0.29, 0.717) is 37.6 Å². The van der Waals surface area contributed by atoms with E-state index in [1.54, 1.807) is 29.7 Å². The van der Waals surface area contributed by atoms with E-state index in [1.165, 1.54) is 0 Å². The number of aryl methyl sites for hydroxylation is 1. The lowest BCUT2D eigenvalue weighted by Crippen LogP contribution is -2.48. The summed E-state index contributed by atoms with van der Waals surface area (Å²) >= 11 is 0. The average molecular weight is 478 g/mol. The van der Waals surface area contributed by atoms with E-state index in [0.717, 1.165) is 34.0 Å². The lowest BCUT2D eigenvalue weighted by Gasteiger charge is -2.33. The standard InChI is InChI=1S/C25H27N5O3S/c1-19-5-11-22(12-6-19)34(31,32)29-16-14-28(15-17-29)18-24-27-23-4-3-13-26-25(23)30(24)20-7-9-21(33-2)10-8-20/h3-13H,14-18H2,1-2H3. The number of fused-ring (bicyclic) bond motifs is 1. The van der Waals surface area contributed by atoms with Gasteiger partial charge < -0.3 is 4.74 Å². The van der Waals surface area contributed by atoms with Crippen molar-refractivity contribution in [1.82, 2.24) is 23.7 Å². The quantitative estimate of drug-likeness (QED) is 0.424. The summed E-state index contributed by atoms with van der Waals surface area (Å²) in [4.78, 5) is 12.0. The highest BCUT2D eigenvalue weighted by atomic mass is 32.2. The largest absolute Gasteiger partial charge is 0.497 e. The van der Waals surface area contributed by atoms with Crippen molar-refractivity contribution in [3.8, 4) is 11.4 Å². The third kappa shape index (κ3) is 4.29. The molecule has 1 saturated heterocycles. The van der Waals surface area contributed by atoms with Crippen molar-refractivity contribution in [2.24, 2.45) is 0 Å². The van der Waals surface area contributed by atoms with Gasteiger partial charge in [-0.3, -0.25) is 9.47 Å². The highest BCUT2D eigenvalue weighted by molar-refractivity contribution is 7.89. The summed E-state index contributed by atoms with van der Waals surface area (Å²) in [5, 5.41) is 0. The number of ether oxygens (including phenoxy) is 1. The van der Waals surface area contributed by atoms with Crippen LogP contribution in [0.1, 0.15) is 11.4 Å². The average Bonchev–Trinajstić information content (AvgIpc) is 3.22. The van der Waals surface area contributed by atoms with Gasteiger partial charge in [-0.1, -0.05) is 17.7 Å². The number of pyridine rings is 1. The predicted octanol–water partition coefficient (Wildman–Crippen LogP) is 3.24. The molecule has 0 atom stereocenters. The molecule has 4 aromatic rings. The number of methoxy groups -OCH3 is 1. The Bertz CT molecular complexity index is 1390. The summed E-state index contributed by atoms with van der Waals surface area (Å²) in [5.41, 5.74) is 3.62. The molecule has 2 aromatic heterocycles. The Balaban J connectivity index is 1.36. The maximum atomic E-state index is 13.0. The minimum absolute atomic E-state index is 0.346. The number of benzene rings is 2. The summed E-state index contributed by atoms with van der Waals surface area (Å²) < 4.78 is 35.0. The van der Waals surface area contributed by atoms with E-state index in [9.17, 15) is 8.42 Å². The van der Waals surface area contributed by atoms with Crippen molar-refractivity contribution >= 4 is 21.2 Å². The fraction of sp³-hybridized carbons (Fsp3) is 0.280. The highest BCUT2D eigenvalue weighted by Crippen LogP contribution is 2.24. The van der Waals surface area contributed by atoms with Gasteiger partial charge in [0.25, 0.3) is 0 Å². The zero-order valence-electron chi connectivity index (χ0n) is 19.3. The number of nitrogens with zero attached hydrogens (tertiary/aromatic N) is 5. The first-order chi connectivity index (χ1) is 16.5. The fourth-order valence-electron chi connectivity index (χ4n) is 4.26. The molecule has 0 spiro atoms. The van der Waals surface area contributed by atoms with Crippen molar-refractivity contribution < 1.29 is 13.2 Å². The van der Waals surface area contributed by atoms with Crippen molar-refractivity contribution in [3.63, 3.8) is 0 Å². The molecule has 34 heavy (non-hydrogen) atoms. The molecule has 2 aromatic carbocycles. The van der Waals surface area contributed by atoms with Gasteiger partial charge in [-0.15, -0.1) is 0 Å². The van der Waals surface area contributed by atoms with Crippen LogP contribution in [0, 0.1) is 6.92 Å². The van der Waals surface area contributed by atoms with Crippen LogP contribution in [-0.2, 0) is 16.6 Å². The molecular formula is C25H27N5O3S. The van der Waals surface area contributed by atoms with Crippen LogP contribution in [0.4, 0.5) is 0 Å². The molecule has 5 rings (SSSR count). The fourth-order valence-corrected chi connectivity index (χ4v) is 5.68. The number of hydrogen-bond acceptors (Lipinski definition) is 6. The van der Waals surface area contributed by atoms with Gasteiger partial charge in [-0.05, 0) is 55.5 Å². The Morgan fingerprint density at radius 1 is 0.941 bits per heavy atom. The van der Waals surface area contributed by atoms with Gasteiger partial charge in [0.2, 0.25) is 10.0 Å². The van der Waals surface area contributed by atoms with Crippen molar-refractivity contribution in [2.75, 3.05) is 33.3 Å². The Kier molecular flexibility index (Phi) is 6.07. The summed E-state index contributed by atoms with van der Waals surface area (Å²) in [6, 6.07) is 18.7. The highest BCUT2D eigenvalue weighted by Gasteiger charge is 2.29. The lowest BCUT2D eigenvalue weighted by atomic mass is 10.2. The molecule has 1 aliphatic rings. The van der Waals surface area contributed by atoms with E-state index in [4.69, 9.17) is 9.72 Å². The summed E-state index contributed by atoms with van der Waals surface area (Å²) in [5.74, 6) is 1.65. The predicted molar refractivity (Wildman–Crippen MR) is 131 cm³/mol. The van der Waals surface area contributed by atoms with Crippen LogP contribution in [0.3, 0.4) is 0 Å². The number of rotatable bonds is 6. The van der Waals surface area contributed by atoms with Crippen LogP contribution in [-0.4, -0.2) is 65.4 Å². The van der Waals surface area contributed by atoms with Gasteiger partial charge in [-0.25, -0.2) is 18.4 Å². The van der Waals surface area contributed by atoms with Gasteiger partial charge in [0, 0.05) is 38.1 Å². The SMILES string of the molecule is COc1ccc(-n2c(CN3CCN(S(=O)(=O)c4ccc(C)cc4)CC3)nc3cccnc32)cc1. The van der Waals surface area contributed by atoms with Crippen LogP contribution < -0.4 is 4.74 Å². The molecule has 8 nitrogen and oxygen atoms in total. The number of imidazole rings is 1. The van der Waals surface area contributed by atoms with E-state index in [-0.39, 0.29) is 0 Å². The molecule has 0 aliphatic carbocycles. The normalized spacial score (nSPS) is 15.6. The van der Waals surface area contributed by atoms with Crippen molar-refractivity contribution in [3.05, 3.63) is 78.2 Å². The van der Waals surface area contributed by atoms with Gasteiger partial charge in [0.05, 0.1) is 18.6 Å². The van der Waals surface area contributed by atoms with Crippen molar-refractivity contribution in [1.29, 1.82) is 0 Å². The smallest absolute Gasteiger partial charge is 0.243 e. The Morgan fingerprint density at radius 2 is 1.65 bits per heavy atom. The minimum Gasteiger partial charge on any atom is -0.497 e. The lowest BCUT2D eigenvalue weighted by molar-refractivity contribution is 0.177. The second-order valence-corrected chi connectivity index (χ2v) is 10.3.